The molecular weight excluding hydrogens is 315 g/mol. The Hall–Kier alpha value is -3.03. The van der Waals surface area contributed by atoms with Crippen molar-refractivity contribution in [1.82, 2.24) is 0 Å². The van der Waals surface area contributed by atoms with E-state index in [0.29, 0.717) is 0 Å². The highest BCUT2D eigenvalue weighted by Gasteiger charge is 2.31. The van der Waals surface area contributed by atoms with Crippen molar-refractivity contribution in [3.63, 3.8) is 0 Å². The van der Waals surface area contributed by atoms with Gasteiger partial charge in [-0.25, -0.2) is 4.79 Å². The third kappa shape index (κ3) is 4.47. The van der Waals surface area contributed by atoms with Gasteiger partial charge in [-0.15, -0.1) is 13.2 Å². The average molecular weight is 325 g/mol. The molecule has 0 bridgehead atoms. The van der Waals surface area contributed by atoms with Gasteiger partial charge in [-0.2, -0.15) is 0 Å². The van der Waals surface area contributed by atoms with Gasteiger partial charge in [-0.3, -0.25) is 4.79 Å². The summed E-state index contributed by atoms with van der Waals surface area (Å²) in [5.74, 6) is -2.54. The van der Waals surface area contributed by atoms with Crippen molar-refractivity contribution in [2.24, 2.45) is 0 Å². The lowest BCUT2D eigenvalue weighted by Gasteiger charge is -2.11. The highest BCUT2D eigenvalue weighted by atomic mass is 19.4. The molecule has 2 aromatic carbocycles. The van der Waals surface area contributed by atoms with Crippen LogP contribution in [0.25, 0.3) is 0 Å². The summed E-state index contributed by atoms with van der Waals surface area (Å²) in [7, 11) is 0. The number of benzene rings is 2. The van der Waals surface area contributed by atoms with Gasteiger partial charge in [0.2, 0.25) is 0 Å². The minimum absolute atomic E-state index is 0.0388. The van der Waals surface area contributed by atoms with Crippen molar-refractivity contribution in [3.05, 3.63) is 59.7 Å². The van der Waals surface area contributed by atoms with Gasteiger partial charge in [-0.1, -0.05) is 18.2 Å². The molecule has 2 rings (SSSR count). The predicted octanol–water partition coefficient (Wildman–Crippen LogP) is 3.54. The largest absolute Gasteiger partial charge is 0.573 e. The summed E-state index contributed by atoms with van der Waals surface area (Å²) in [5.41, 5.74) is -0.285. The van der Waals surface area contributed by atoms with Crippen LogP contribution in [0.4, 0.5) is 18.9 Å². The highest BCUT2D eigenvalue weighted by Crippen LogP contribution is 2.25. The molecule has 0 saturated heterocycles. The Bertz CT molecular complexity index is 743. The molecule has 0 unspecified atom stereocenters. The molecule has 0 aliphatic carbocycles. The molecule has 5 nitrogen and oxygen atoms in total. The standard InChI is InChI=1S/C15H10F3NO4/c16-15(17,18)23-10-5-3-4-9(8-10)19-13(20)11-6-1-2-7-12(11)14(21)22/h1-8H,(H,19,20)(H,21,22). The van der Waals surface area contributed by atoms with Crippen LogP contribution in [0.3, 0.4) is 0 Å². The number of hydrogen-bond donors (Lipinski definition) is 2. The molecule has 2 aromatic rings. The van der Waals surface area contributed by atoms with Gasteiger partial charge in [0.05, 0.1) is 11.1 Å². The van der Waals surface area contributed by atoms with Gasteiger partial charge < -0.3 is 15.2 Å². The Morgan fingerprint density at radius 1 is 1.00 bits per heavy atom. The van der Waals surface area contributed by atoms with E-state index in [4.69, 9.17) is 5.11 Å². The minimum Gasteiger partial charge on any atom is -0.478 e. The summed E-state index contributed by atoms with van der Waals surface area (Å²) in [5, 5.41) is 11.4. The van der Waals surface area contributed by atoms with Gasteiger partial charge in [0.25, 0.3) is 5.91 Å². The van der Waals surface area contributed by atoms with E-state index < -0.39 is 24.0 Å². The first-order chi connectivity index (χ1) is 10.8. The molecule has 0 radical (unpaired) electrons. The van der Waals surface area contributed by atoms with Crippen molar-refractivity contribution in [3.8, 4) is 5.75 Å². The first-order valence-corrected chi connectivity index (χ1v) is 6.26. The second-order valence-electron chi connectivity index (χ2n) is 4.38. The lowest BCUT2D eigenvalue weighted by molar-refractivity contribution is -0.274. The maximum atomic E-state index is 12.2. The molecule has 0 heterocycles. The van der Waals surface area contributed by atoms with E-state index in [0.717, 1.165) is 12.1 Å². The van der Waals surface area contributed by atoms with Crippen molar-refractivity contribution < 1.29 is 32.6 Å². The molecule has 120 valence electrons. The molecule has 1 amide bonds. The number of halogens is 3. The van der Waals surface area contributed by atoms with Crippen LogP contribution in [-0.2, 0) is 0 Å². The molecule has 0 spiro atoms. The fourth-order valence-corrected chi connectivity index (χ4v) is 1.84. The summed E-state index contributed by atoms with van der Waals surface area (Å²) in [4.78, 5) is 23.2. The van der Waals surface area contributed by atoms with Gasteiger partial charge in [-0.05, 0) is 24.3 Å². The highest BCUT2D eigenvalue weighted by molar-refractivity contribution is 6.10. The van der Waals surface area contributed by atoms with E-state index in [9.17, 15) is 22.8 Å². The summed E-state index contributed by atoms with van der Waals surface area (Å²) >= 11 is 0. The average Bonchev–Trinajstić information content (AvgIpc) is 2.45. The number of anilines is 1. The maximum absolute atomic E-state index is 12.2. The van der Waals surface area contributed by atoms with Crippen LogP contribution in [0.2, 0.25) is 0 Å². The lowest BCUT2D eigenvalue weighted by atomic mass is 10.1. The van der Waals surface area contributed by atoms with Gasteiger partial charge in [0.1, 0.15) is 5.75 Å². The topological polar surface area (TPSA) is 75.6 Å². The first kappa shape index (κ1) is 16.3. The number of carbonyl (C=O) groups excluding carboxylic acids is 1. The normalized spacial score (nSPS) is 10.9. The number of amides is 1. The maximum Gasteiger partial charge on any atom is 0.573 e. The first-order valence-electron chi connectivity index (χ1n) is 6.26. The number of rotatable bonds is 4. The summed E-state index contributed by atoms with van der Waals surface area (Å²) in [6, 6.07) is 10.2. The smallest absolute Gasteiger partial charge is 0.478 e. The molecule has 0 atom stereocenters. The Balaban J connectivity index is 2.21. The Morgan fingerprint density at radius 2 is 1.65 bits per heavy atom. The number of hydrogen-bond acceptors (Lipinski definition) is 3. The van der Waals surface area contributed by atoms with E-state index in [1.54, 1.807) is 0 Å². The van der Waals surface area contributed by atoms with E-state index in [1.165, 1.54) is 36.4 Å². The quantitative estimate of drug-likeness (QED) is 0.901. The van der Waals surface area contributed by atoms with E-state index in [2.05, 4.69) is 10.1 Å². The van der Waals surface area contributed by atoms with Crippen molar-refractivity contribution >= 4 is 17.6 Å². The molecule has 0 aliphatic rings. The number of alkyl halides is 3. The minimum atomic E-state index is -4.85. The summed E-state index contributed by atoms with van der Waals surface area (Å²) < 4.78 is 40.2. The number of carboxylic acids is 1. The molecular formula is C15H10F3NO4. The van der Waals surface area contributed by atoms with Crippen LogP contribution in [0.1, 0.15) is 20.7 Å². The van der Waals surface area contributed by atoms with Gasteiger partial charge in [0.15, 0.2) is 0 Å². The zero-order valence-corrected chi connectivity index (χ0v) is 11.4. The van der Waals surface area contributed by atoms with Crippen LogP contribution in [0, 0.1) is 0 Å². The molecule has 0 saturated carbocycles. The Kier molecular flexibility index (Phi) is 4.54. The van der Waals surface area contributed by atoms with E-state index in [1.807, 2.05) is 0 Å². The van der Waals surface area contributed by atoms with E-state index >= 15 is 0 Å². The summed E-state index contributed by atoms with van der Waals surface area (Å²) in [6.45, 7) is 0. The zero-order valence-electron chi connectivity index (χ0n) is 11.4. The van der Waals surface area contributed by atoms with Gasteiger partial charge >= 0.3 is 12.3 Å². The molecule has 2 N–H and O–H groups in total. The van der Waals surface area contributed by atoms with Gasteiger partial charge in [0, 0.05) is 11.8 Å². The van der Waals surface area contributed by atoms with Crippen LogP contribution >= 0.6 is 0 Å². The number of aromatic carboxylic acids is 1. The molecule has 23 heavy (non-hydrogen) atoms. The predicted molar refractivity (Wildman–Crippen MR) is 74.5 cm³/mol. The third-order valence-electron chi connectivity index (χ3n) is 2.73. The fourth-order valence-electron chi connectivity index (χ4n) is 1.84. The SMILES string of the molecule is O=C(O)c1ccccc1C(=O)Nc1cccc(OC(F)(F)F)c1. The Morgan fingerprint density at radius 3 is 2.26 bits per heavy atom. The summed E-state index contributed by atoms with van der Waals surface area (Å²) in [6.07, 6.45) is -4.85. The molecule has 8 heteroatoms. The molecule has 0 fully saturated rings. The number of carbonyl (C=O) groups is 2. The fraction of sp³-hybridized carbons (Fsp3) is 0.0667. The lowest BCUT2D eigenvalue weighted by Crippen LogP contribution is -2.18. The monoisotopic (exact) mass is 325 g/mol. The van der Waals surface area contributed by atoms with Crippen LogP contribution < -0.4 is 10.1 Å². The van der Waals surface area contributed by atoms with Crippen LogP contribution in [0.15, 0.2) is 48.5 Å². The van der Waals surface area contributed by atoms with Crippen molar-refractivity contribution in [2.75, 3.05) is 5.32 Å². The second kappa shape index (κ2) is 6.39. The second-order valence-corrected chi connectivity index (χ2v) is 4.38. The zero-order chi connectivity index (χ0) is 17.0. The number of ether oxygens (including phenoxy) is 1. The number of carboxylic acid groups (broad SMARTS) is 1. The Labute approximate surface area is 128 Å². The number of nitrogens with one attached hydrogen (secondary N) is 1. The van der Waals surface area contributed by atoms with Crippen molar-refractivity contribution in [2.45, 2.75) is 6.36 Å². The van der Waals surface area contributed by atoms with E-state index in [-0.39, 0.29) is 16.8 Å². The van der Waals surface area contributed by atoms with Crippen LogP contribution in [-0.4, -0.2) is 23.3 Å². The third-order valence-corrected chi connectivity index (χ3v) is 2.73. The van der Waals surface area contributed by atoms with Crippen molar-refractivity contribution in [1.29, 1.82) is 0 Å². The van der Waals surface area contributed by atoms with Crippen LogP contribution in [0.5, 0.6) is 5.75 Å². The molecule has 0 aliphatic heterocycles. The molecule has 0 aromatic heterocycles.